The van der Waals surface area contributed by atoms with Crippen LogP contribution in [0, 0.1) is 0 Å². The number of rotatable bonds is 8. The molecule has 0 aromatic rings. The number of carbonyl (C=O) groups excluding carboxylic acids is 2. The summed E-state index contributed by atoms with van der Waals surface area (Å²) in [5.74, 6) is -2.45. The molecule has 7 heteroatoms. The third-order valence-electron chi connectivity index (χ3n) is 1.75. The van der Waals surface area contributed by atoms with E-state index >= 15 is 0 Å². The van der Waals surface area contributed by atoms with E-state index in [9.17, 15) is 19.2 Å². The number of ketones is 2. The van der Waals surface area contributed by atoms with Crippen LogP contribution in [0.4, 0.5) is 0 Å². The van der Waals surface area contributed by atoms with Gasteiger partial charge in [-0.2, -0.15) is 0 Å². The molecule has 0 saturated heterocycles. The first kappa shape index (κ1) is 23.1. The molecule has 0 saturated carbocycles. The van der Waals surface area contributed by atoms with Gasteiger partial charge < -0.3 is 10.2 Å². The van der Waals surface area contributed by atoms with Gasteiger partial charge in [-0.15, -0.1) is 0 Å². The molecular weight excluding hydrogens is 288 g/mol. The second kappa shape index (κ2) is 15.1. The van der Waals surface area contributed by atoms with Crippen molar-refractivity contribution in [1.82, 2.24) is 0 Å². The SMILES string of the molecule is CCCC(=O)CC(=O)O.CCCC(=O)CC(=O)O.[Ti]. The van der Waals surface area contributed by atoms with E-state index in [-0.39, 0.29) is 46.1 Å². The molecule has 0 heterocycles. The van der Waals surface area contributed by atoms with Crippen molar-refractivity contribution < 1.29 is 51.1 Å². The Bertz CT molecular complexity index is 271. The molecule has 0 spiro atoms. The van der Waals surface area contributed by atoms with Gasteiger partial charge in [0.15, 0.2) is 0 Å². The number of aliphatic carboxylic acids is 2. The van der Waals surface area contributed by atoms with E-state index in [1.165, 1.54) is 0 Å². The van der Waals surface area contributed by atoms with Crippen LogP contribution >= 0.6 is 0 Å². The Hall–Kier alpha value is -1.01. The van der Waals surface area contributed by atoms with E-state index in [1.807, 2.05) is 13.8 Å². The minimum atomic E-state index is -1.03. The Labute approximate surface area is 127 Å². The standard InChI is InChI=1S/2C6H10O3.Ti/c2*1-2-3-5(7)4-6(8)9;/h2*2-4H2,1H3,(H,8,9);. The van der Waals surface area contributed by atoms with Crippen molar-refractivity contribution in [3.63, 3.8) is 0 Å². The molecule has 0 unspecified atom stereocenters. The summed E-state index contributed by atoms with van der Waals surface area (Å²) in [7, 11) is 0. The monoisotopic (exact) mass is 308 g/mol. The number of Topliss-reactive ketones (excluding diaryl/α,β-unsaturated/α-hetero) is 2. The molecule has 0 fully saturated rings. The fourth-order valence-electron chi connectivity index (χ4n) is 1.07. The zero-order valence-corrected chi connectivity index (χ0v) is 12.8. The summed E-state index contributed by atoms with van der Waals surface area (Å²) in [6.07, 6.45) is 1.57. The zero-order chi connectivity index (χ0) is 14.6. The first-order valence-corrected chi connectivity index (χ1v) is 5.80. The molecule has 2 N–H and O–H groups in total. The van der Waals surface area contributed by atoms with E-state index in [1.54, 1.807) is 0 Å². The Kier molecular flexibility index (Phi) is 18.3. The predicted molar refractivity (Wildman–Crippen MR) is 64.3 cm³/mol. The van der Waals surface area contributed by atoms with E-state index in [4.69, 9.17) is 10.2 Å². The fraction of sp³-hybridized carbons (Fsp3) is 0.667. The van der Waals surface area contributed by atoms with Gasteiger partial charge in [-0.25, -0.2) is 0 Å². The summed E-state index contributed by atoms with van der Waals surface area (Å²) in [4.78, 5) is 40.7. The molecule has 0 aliphatic carbocycles. The van der Waals surface area contributed by atoms with Crippen LogP contribution in [0.1, 0.15) is 52.4 Å². The van der Waals surface area contributed by atoms with Gasteiger partial charge in [-0.1, -0.05) is 13.8 Å². The molecule has 0 aromatic carbocycles. The van der Waals surface area contributed by atoms with Gasteiger partial charge in [-0.05, 0) is 12.8 Å². The van der Waals surface area contributed by atoms with Crippen molar-refractivity contribution in [2.75, 3.05) is 0 Å². The van der Waals surface area contributed by atoms with E-state index < -0.39 is 11.9 Å². The van der Waals surface area contributed by atoms with Gasteiger partial charge in [0.25, 0.3) is 0 Å². The number of carboxylic acid groups (broad SMARTS) is 2. The smallest absolute Gasteiger partial charge is 0.310 e. The molecule has 0 aliphatic rings. The van der Waals surface area contributed by atoms with Gasteiger partial charge in [0.1, 0.15) is 24.4 Å². The number of hydrogen-bond acceptors (Lipinski definition) is 4. The topological polar surface area (TPSA) is 109 Å². The third-order valence-corrected chi connectivity index (χ3v) is 1.75. The second-order valence-corrected chi connectivity index (χ2v) is 3.72. The van der Waals surface area contributed by atoms with Crippen molar-refractivity contribution in [1.29, 1.82) is 0 Å². The average molecular weight is 308 g/mol. The van der Waals surface area contributed by atoms with Gasteiger partial charge in [-0.3, -0.25) is 19.2 Å². The van der Waals surface area contributed by atoms with Gasteiger partial charge in [0.05, 0.1) is 0 Å². The molecule has 0 amide bonds. The summed E-state index contributed by atoms with van der Waals surface area (Å²) in [5, 5.41) is 16.2. The number of carbonyl (C=O) groups is 4. The molecule has 0 radical (unpaired) electrons. The first-order valence-electron chi connectivity index (χ1n) is 5.80. The maximum absolute atomic E-state index is 10.5. The van der Waals surface area contributed by atoms with E-state index in [0.29, 0.717) is 12.8 Å². The Morgan fingerprint density at radius 3 is 1.16 bits per heavy atom. The summed E-state index contributed by atoms with van der Waals surface area (Å²) in [6, 6.07) is 0. The van der Waals surface area contributed by atoms with Crippen LogP contribution in [0.2, 0.25) is 0 Å². The van der Waals surface area contributed by atoms with Crippen LogP contribution in [-0.4, -0.2) is 33.7 Å². The Morgan fingerprint density at radius 2 is 1.00 bits per heavy atom. The van der Waals surface area contributed by atoms with E-state index in [0.717, 1.165) is 12.8 Å². The average Bonchev–Trinajstić information content (AvgIpc) is 2.16. The molecule has 6 nitrogen and oxygen atoms in total. The minimum absolute atomic E-state index is 0. The van der Waals surface area contributed by atoms with Crippen LogP contribution in [0.3, 0.4) is 0 Å². The molecule has 19 heavy (non-hydrogen) atoms. The quantitative estimate of drug-likeness (QED) is 0.521. The molecule has 0 atom stereocenters. The summed E-state index contributed by atoms with van der Waals surface area (Å²) in [5.41, 5.74) is 0. The fourth-order valence-corrected chi connectivity index (χ4v) is 1.07. The molecule has 0 bridgehead atoms. The summed E-state index contributed by atoms with van der Waals surface area (Å²) < 4.78 is 0. The third kappa shape index (κ3) is 22.6. The van der Waals surface area contributed by atoms with Crippen molar-refractivity contribution in [2.45, 2.75) is 52.4 Å². The Balaban J connectivity index is -0.000000256. The molecule has 0 aliphatic heterocycles. The number of carboxylic acids is 2. The zero-order valence-electron chi connectivity index (χ0n) is 11.3. The maximum atomic E-state index is 10.5. The normalized spacial score (nSPS) is 8.53. The summed E-state index contributed by atoms with van der Waals surface area (Å²) in [6.45, 7) is 3.69. The Morgan fingerprint density at radius 1 is 0.737 bits per heavy atom. The minimum Gasteiger partial charge on any atom is -0.481 e. The van der Waals surface area contributed by atoms with Crippen LogP contribution in [0.15, 0.2) is 0 Å². The van der Waals surface area contributed by atoms with Gasteiger partial charge >= 0.3 is 11.9 Å². The van der Waals surface area contributed by atoms with Gasteiger partial charge in [0.2, 0.25) is 0 Å². The predicted octanol–water partition coefficient (Wildman–Crippen LogP) is 1.66. The molecular formula is C12H20O6Ti. The van der Waals surface area contributed by atoms with Crippen molar-refractivity contribution >= 4 is 23.5 Å². The van der Waals surface area contributed by atoms with Crippen molar-refractivity contribution in [3.8, 4) is 0 Å². The molecule has 0 rings (SSSR count). The number of hydrogen-bond donors (Lipinski definition) is 2. The largest absolute Gasteiger partial charge is 0.481 e. The van der Waals surface area contributed by atoms with E-state index in [2.05, 4.69) is 0 Å². The summed E-state index contributed by atoms with van der Waals surface area (Å²) >= 11 is 0. The van der Waals surface area contributed by atoms with Crippen LogP contribution in [0.25, 0.3) is 0 Å². The molecule has 0 aromatic heterocycles. The van der Waals surface area contributed by atoms with Crippen LogP contribution in [0.5, 0.6) is 0 Å². The van der Waals surface area contributed by atoms with Gasteiger partial charge in [0, 0.05) is 34.6 Å². The second-order valence-electron chi connectivity index (χ2n) is 3.72. The van der Waals surface area contributed by atoms with Crippen molar-refractivity contribution in [2.24, 2.45) is 0 Å². The van der Waals surface area contributed by atoms with Crippen LogP contribution in [-0.2, 0) is 40.9 Å². The van der Waals surface area contributed by atoms with Crippen LogP contribution < -0.4 is 0 Å². The maximum Gasteiger partial charge on any atom is 0.310 e. The molecule has 108 valence electrons. The van der Waals surface area contributed by atoms with Crippen molar-refractivity contribution in [3.05, 3.63) is 0 Å². The first-order chi connectivity index (χ1) is 8.33.